The molecule has 94 valence electrons. The SMILES string of the molecule is Cc1nc(CNC(=O)c2cc(F)cnc2Cl)no1. The molecular formula is C10H8ClFN4O2. The van der Waals surface area contributed by atoms with Gasteiger partial charge >= 0.3 is 0 Å². The highest BCUT2D eigenvalue weighted by atomic mass is 35.5. The van der Waals surface area contributed by atoms with Crippen LogP contribution in [-0.2, 0) is 6.54 Å². The lowest BCUT2D eigenvalue weighted by atomic mass is 10.2. The quantitative estimate of drug-likeness (QED) is 0.855. The predicted octanol–water partition coefficient (Wildman–Crippen LogP) is 1.50. The first-order valence-corrected chi connectivity index (χ1v) is 5.32. The molecule has 18 heavy (non-hydrogen) atoms. The zero-order valence-electron chi connectivity index (χ0n) is 9.28. The highest BCUT2D eigenvalue weighted by molar-refractivity contribution is 6.32. The van der Waals surface area contributed by atoms with Crippen LogP contribution >= 0.6 is 11.6 Å². The number of nitrogens with zero attached hydrogens (tertiary/aromatic N) is 3. The van der Waals surface area contributed by atoms with Gasteiger partial charge in [0.2, 0.25) is 5.89 Å². The summed E-state index contributed by atoms with van der Waals surface area (Å²) in [5.41, 5.74) is -0.0446. The van der Waals surface area contributed by atoms with E-state index in [0.29, 0.717) is 11.7 Å². The van der Waals surface area contributed by atoms with Crippen LogP contribution in [0.2, 0.25) is 5.15 Å². The van der Waals surface area contributed by atoms with Crippen molar-refractivity contribution in [2.24, 2.45) is 0 Å². The Morgan fingerprint density at radius 2 is 2.39 bits per heavy atom. The molecule has 0 aliphatic rings. The summed E-state index contributed by atoms with van der Waals surface area (Å²) in [4.78, 5) is 19.1. The van der Waals surface area contributed by atoms with Crippen LogP contribution in [-0.4, -0.2) is 21.0 Å². The molecule has 8 heteroatoms. The molecule has 0 unspecified atom stereocenters. The summed E-state index contributed by atoms with van der Waals surface area (Å²) in [6, 6.07) is 1.01. The van der Waals surface area contributed by atoms with Crippen molar-refractivity contribution in [3.8, 4) is 0 Å². The van der Waals surface area contributed by atoms with Crippen molar-refractivity contribution in [2.75, 3.05) is 0 Å². The highest BCUT2D eigenvalue weighted by Crippen LogP contribution is 2.13. The van der Waals surface area contributed by atoms with Gasteiger partial charge in [0.05, 0.1) is 18.3 Å². The second-order valence-electron chi connectivity index (χ2n) is 3.40. The molecule has 6 nitrogen and oxygen atoms in total. The average Bonchev–Trinajstić information content (AvgIpc) is 2.75. The van der Waals surface area contributed by atoms with E-state index in [0.717, 1.165) is 12.3 Å². The molecule has 0 bridgehead atoms. The molecule has 1 amide bonds. The highest BCUT2D eigenvalue weighted by Gasteiger charge is 2.13. The van der Waals surface area contributed by atoms with Crippen molar-refractivity contribution in [2.45, 2.75) is 13.5 Å². The van der Waals surface area contributed by atoms with Crippen molar-refractivity contribution in [3.63, 3.8) is 0 Å². The summed E-state index contributed by atoms with van der Waals surface area (Å²) in [7, 11) is 0. The van der Waals surface area contributed by atoms with E-state index in [9.17, 15) is 9.18 Å². The molecule has 2 rings (SSSR count). The van der Waals surface area contributed by atoms with Gasteiger partial charge in [-0.15, -0.1) is 0 Å². The van der Waals surface area contributed by atoms with Gasteiger partial charge in [-0.25, -0.2) is 9.37 Å². The number of hydrogen-bond donors (Lipinski definition) is 1. The molecular weight excluding hydrogens is 263 g/mol. The number of amides is 1. The smallest absolute Gasteiger partial charge is 0.254 e. The van der Waals surface area contributed by atoms with Gasteiger partial charge in [0, 0.05) is 6.92 Å². The number of rotatable bonds is 3. The molecule has 0 fully saturated rings. The summed E-state index contributed by atoms with van der Waals surface area (Å²) in [5.74, 6) is -0.486. The van der Waals surface area contributed by atoms with Gasteiger partial charge in [0.15, 0.2) is 5.82 Å². The largest absolute Gasteiger partial charge is 0.345 e. The zero-order chi connectivity index (χ0) is 13.1. The Morgan fingerprint density at radius 1 is 1.61 bits per heavy atom. The van der Waals surface area contributed by atoms with Crippen LogP contribution in [0.25, 0.3) is 0 Å². The van der Waals surface area contributed by atoms with E-state index in [1.54, 1.807) is 6.92 Å². The normalized spacial score (nSPS) is 10.4. The molecule has 0 aliphatic carbocycles. The van der Waals surface area contributed by atoms with Crippen molar-refractivity contribution in [1.82, 2.24) is 20.4 Å². The minimum atomic E-state index is -0.639. The van der Waals surface area contributed by atoms with Crippen LogP contribution in [0.3, 0.4) is 0 Å². The minimum Gasteiger partial charge on any atom is -0.345 e. The monoisotopic (exact) mass is 270 g/mol. The fourth-order valence-corrected chi connectivity index (χ4v) is 1.44. The number of carbonyl (C=O) groups excluding carboxylic acids is 1. The second kappa shape index (κ2) is 5.09. The number of nitrogens with one attached hydrogen (secondary N) is 1. The molecule has 0 spiro atoms. The van der Waals surface area contributed by atoms with Crippen molar-refractivity contribution in [3.05, 3.63) is 40.5 Å². The molecule has 0 atom stereocenters. The van der Waals surface area contributed by atoms with Crippen LogP contribution in [0.4, 0.5) is 4.39 Å². The van der Waals surface area contributed by atoms with E-state index >= 15 is 0 Å². The fourth-order valence-electron chi connectivity index (χ4n) is 1.25. The lowest BCUT2D eigenvalue weighted by Gasteiger charge is -2.03. The van der Waals surface area contributed by atoms with E-state index in [1.807, 2.05) is 0 Å². The predicted molar refractivity (Wildman–Crippen MR) is 59.4 cm³/mol. The Labute approximate surface area is 106 Å². The summed E-state index contributed by atoms with van der Waals surface area (Å²) < 4.78 is 17.7. The lowest BCUT2D eigenvalue weighted by molar-refractivity contribution is 0.0949. The zero-order valence-corrected chi connectivity index (χ0v) is 10.0. The van der Waals surface area contributed by atoms with E-state index in [2.05, 4.69) is 20.4 Å². The maximum atomic E-state index is 12.9. The van der Waals surface area contributed by atoms with Crippen molar-refractivity contribution >= 4 is 17.5 Å². The van der Waals surface area contributed by atoms with E-state index < -0.39 is 11.7 Å². The van der Waals surface area contributed by atoms with Crippen LogP contribution in [0.1, 0.15) is 22.1 Å². The Morgan fingerprint density at radius 3 is 3.06 bits per heavy atom. The summed E-state index contributed by atoms with van der Waals surface area (Å²) >= 11 is 5.69. The maximum absolute atomic E-state index is 12.9. The number of halogens is 2. The third kappa shape index (κ3) is 2.80. The molecule has 0 aliphatic heterocycles. The van der Waals surface area contributed by atoms with Crippen LogP contribution in [0.15, 0.2) is 16.8 Å². The van der Waals surface area contributed by atoms with Gasteiger partial charge < -0.3 is 9.84 Å². The third-order valence-electron chi connectivity index (χ3n) is 2.03. The second-order valence-corrected chi connectivity index (χ2v) is 3.76. The van der Waals surface area contributed by atoms with Gasteiger partial charge in [-0.1, -0.05) is 16.8 Å². The molecule has 0 radical (unpaired) electrons. The van der Waals surface area contributed by atoms with Gasteiger partial charge in [-0.3, -0.25) is 4.79 Å². The first-order valence-electron chi connectivity index (χ1n) is 4.94. The number of aromatic nitrogens is 3. The molecule has 2 aromatic rings. The van der Waals surface area contributed by atoms with Crippen LogP contribution in [0.5, 0.6) is 0 Å². The lowest BCUT2D eigenvalue weighted by Crippen LogP contribution is -2.24. The third-order valence-corrected chi connectivity index (χ3v) is 2.33. The molecule has 0 aromatic carbocycles. The number of pyridine rings is 1. The molecule has 2 aromatic heterocycles. The van der Waals surface area contributed by atoms with Crippen LogP contribution < -0.4 is 5.32 Å². The van der Waals surface area contributed by atoms with E-state index in [1.165, 1.54) is 0 Å². The first-order chi connectivity index (χ1) is 8.56. The first kappa shape index (κ1) is 12.4. The van der Waals surface area contributed by atoms with E-state index in [-0.39, 0.29) is 17.3 Å². The molecule has 0 saturated carbocycles. The Bertz CT molecular complexity index is 587. The summed E-state index contributed by atoms with van der Waals surface area (Å²) in [6.45, 7) is 1.69. The maximum Gasteiger partial charge on any atom is 0.254 e. The van der Waals surface area contributed by atoms with Gasteiger partial charge in [-0.05, 0) is 6.07 Å². The van der Waals surface area contributed by atoms with Gasteiger partial charge in [0.1, 0.15) is 11.0 Å². The molecule has 2 heterocycles. The fraction of sp³-hybridized carbons (Fsp3) is 0.200. The average molecular weight is 271 g/mol. The van der Waals surface area contributed by atoms with E-state index in [4.69, 9.17) is 16.1 Å². The number of aryl methyl sites for hydroxylation is 1. The molecule has 1 N–H and O–H groups in total. The van der Waals surface area contributed by atoms with Gasteiger partial charge in [-0.2, -0.15) is 4.98 Å². The van der Waals surface area contributed by atoms with Crippen LogP contribution in [0, 0.1) is 12.7 Å². The standard InChI is InChI=1S/C10H8ClFN4O2/c1-5-15-8(16-18-5)4-14-10(17)7-2-6(12)3-13-9(7)11/h2-3H,4H2,1H3,(H,14,17). The Balaban J connectivity index is 2.05. The molecule has 0 saturated heterocycles. The minimum absolute atomic E-state index is 0.0446. The summed E-state index contributed by atoms with van der Waals surface area (Å²) in [5, 5.41) is 6.01. The van der Waals surface area contributed by atoms with Crippen molar-refractivity contribution in [1.29, 1.82) is 0 Å². The number of carbonyl (C=O) groups is 1. The van der Waals surface area contributed by atoms with Gasteiger partial charge in [0.25, 0.3) is 5.91 Å². The van der Waals surface area contributed by atoms with Crippen molar-refractivity contribution < 1.29 is 13.7 Å². The Hall–Kier alpha value is -2.02. The number of hydrogen-bond acceptors (Lipinski definition) is 5. The summed E-state index contributed by atoms with van der Waals surface area (Å²) in [6.07, 6.45) is 0.932. The Kier molecular flexibility index (Phi) is 3.52. The topological polar surface area (TPSA) is 80.9 Å².